The third-order valence-electron chi connectivity index (χ3n) is 18.5. The largest absolute Gasteiger partial charge is 0.310 e. The van der Waals surface area contributed by atoms with Crippen molar-refractivity contribution in [2.24, 2.45) is 0 Å². The number of rotatable bonds is 3. The molecule has 0 unspecified atom stereocenters. The summed E-state index contributed by atoms with van der Waals surface area (Å²) in [7, 11) is 0. The molecule has 3 spiro atoms. The molecule has 12 aromatic rings. The Labute approximate surface area is 459 Å². The Morgan fingerprint density at radius 3 is 0.544 bits per heavy atom. The first kappa shape index (κ1) is 43.0. The molecule has 0 fully saturated rings. The molecule has 18 rings (SSSR count). The second kappa shape index (κ2) is 15.5. The van der Waals surface area contributed by atoms with Crippen molar-refractivity contribution < 1.29 is 0 Å². The molecule has 368 valence electrons. The maximum absolute atomic E-state index is 2.76. The van der Waals surface area contributed by atoms with Crippen molar-refractivity contribution >= 4 is 68.2 Å². The quantitative estimate of drug-likeness (QED) is 0.175. The first-order chi connectivity index (χ1) is 39.3. The lowest BCUT2D eigenvalue weighted by molar-refractivity contribution is 0.646. The Bertz CT molecular complexity index is 3870. The van der Waals surface area contributed by atoms with E-state index in [2.05, 4.69) is 311 Å². The van der Waals surface area contributed by atoms with E-state index in [-0.39, 0.29) is 0 Å². The van der Waals surface area contributed by atoms with Gasteiger partial charge in [0.05, 0.1) is 67.4 Å². The molecule has 0 aromatic heterocycles. The molecule has 0 saturated heterocycles. The number of hydrogen-bond acceptors (Lipinski definition) is 4. The summed E-state index contributed by atoms with van der Waals surface area (Å²) >= 11 is 0. The van der Waals surface area contributed by atoms with Crippen molar-refractivity contribution in [1.29, 1.82) is 0 Å². The summed E-state index contributed by atoms with van der Waals surface area (Å²) in [5.41, 5.74) is 27.0. The van der Waals surface area contributed by atoms with Gasteiger partial charge in [-0.25, -0.2) is 0 Å². The smallest absolute Gasteiger partial charge is 0.0783 e. The SMILES string of the molecule is c1ccc(N2c3ccccc3C3(c4ccccc42)c2cccc4c2N2c5c3cccc5C3(c5ccccc5N(c5ccccc5)c5ccccc53)c3cccc(c32)C42c3ccccc3N(c3ccccc3)c3ccccc32)cc1. The molecule has 0 radical (unpaired) electrons. The summed E-state index contributed by atoms with van der Waals surface area (Å²) in [6, 6.07) is 110. The van der Waals surface area contributed by atoms with E-state index in [0.717, 1.165) is 17.1 Å². The molecule has 4 heteroatoms. The molecule has 0 bridgehead atoms. The van der Waals surface area contributed by atoms with Crippen LogP contribution < -0.4 is 19.6 Å². The zero-order valence-electron chi connectivity index (χ0n) is 43.0. The average molecular weight is 1010 g/mol. The second-order valence-corrected chi connectivity index (χ2v) is 21.8. The number of nitrogens with zero attached hydrogens (tertiary/aromatic N) is 4. The van der Waals surface area contributed by atoms with Crippen LogP contribution >= 0.6 is 0 Å². The Hall–Kier alpha value is -10.2. The van der Waals surface area contributed by atoms with Gasteiger partial charge in [-0.2, -0.15) is 0 Å². The van der Waals surface area contributed by atoms with Crippen LogP contribution in [0.2, 0.25) is 0 Å². The van der Waals surface area contributed by atoms with Gasteiger partial charge in [0.1, 0.15) is 0 Å². The molecule has 0 amide bonds. The van der Waals surface area contributed by atoms with E-state index in [9.17, 15) is 0 Å². The molecule has 6 aliphatic heterocycles. The normalized spacial score (nSPS) is 15.8. The Balaban J connectivity index is 1.07. The minimum absolute atomic E-state index is 0.786. The van der Waals surface area contributed by atoms with Crippen molar-refractivity contribution in [2.45, 2.75) is 16.2 Å². The highest BCUT2D eigenvalue weighted by molar-refractivity contribution is 6.08. The number of hydrogen-bond donors (Lipinski definition) is 0. The van der Waals surface area contributed by atoms with Gasteiger partial charge in [-0.1, -0.05) is 218 Å². The van der Waals surface area contributed by atoms with Gasteiger partial charge in [0.2, 0.25) is 0 Å². The van der Waals surface area contributed by atoms with Crippen LogP contribution in [0, 0.1) is 0 Å². The van der Waals surface area contributed by atoms with E-state index in [0.29, 0.717) is 0 Å². The van der Waals surface area contributed by atoms with Crippen molar-refractivity contribution in [2.75, 3.05) is 19.6 Å². The monoisotopic (exact) mass is 1000 g/mol. The van der Waals surface area contributed by atoms with Gasteiger partial charge in [-0.15, -0.1) is 0 Å². The predicted octanol–water partition coefficient (Wildman–Crippen LogP) is 18.6. The van der Waals surface area contributed by atoms with E-state index in [4.69, 9.17) is 0 Å². The molecular formula is C75H48N4. The molecule has 12 aromatic carbocycles. The molecule has 0 saturated carbocycles. The third kappa shape index (κ3) is 5.03. The molecule has 4 nitrogen and oxygen atoms in total. The summed E-state index contributed by atoms with van der Waals surface area (Å²) in [6.07, 6.45) is 0. The van der Waals surface area contributed by atoms with Crippen molar-refractivity contribution in [1.82, 2.24) is 0 Å². The predicted molar refractivity (Wildman–Crippen MR) is 321 cm³/mol. The second-order valence-electron chi connectivity index (χ2n) is 21.8. The van der Waals surface area contributed by atoms with E-state index < -0.39 is 16.2 Å². The van der Waals surface area contributed by atoms with Gasteiger partial charge in [-0.05, 0) is 140 Å². The number of para-hydroxylation sites is 12. The van der Waals surface area contributed by atoms with Crippen LogP contribution in [0.3, 0.4) is 0 Å². The molecular weight excluding hydrogens is 957 g/mol. The molecule has 0 atom stereocenters. The van der Waals surface area contributed by atoms with E-state index in [1.54, 1.807) is 0 Å². The first-order valence-corrected chi connectivity index (χ1v) is 27.6. The van der Waals surface area contributed by atoms with E-state index in [1.807, 2.05) is 0 Å². The average Bonchev–Trinajstić information content (AvgIpc) is 2.26. The highest BCUT2D eigenvalue weighted by Crippen LogP contribution is 2.75. The van der Waals surface area contributed by atoms with E-state index in [1.165, 1.54) is 118 Å². The van der Waals surface area contributed by atoms with Crippen LogP contribution in [-0.2, 0) is 16.2 Å². The summed E-state index contributed by atoms with van der Waals surface area (Å²) in [4.78, 5) is 10.3. The lowest BCUT2D eigenvalue weighted by Crippen LogP contribution is -2.51. The Kier molecular flexibility index (Phi) is 8.44. The van der Waals surface area contributed by atoms with E-state index >= 15 is 0 Å². The fourth-order valence-corrected chi connectivity index (χ4v) is 16.0. The number of benzene rings is 12. The number of anilines is 12. The first-order valence-electron chi connectivity index (χ1n) is 27.6. The molecule has 79 heavy (non-hydrogen) atoms. The van der Waals surface area contributed by atoms with Crippen LogP contribution in [0.4, 0.5) is 68.2 Å². The highest BCUT2D eigenvalue weighted by atomic mass is 15.2. The zero-order valence-corrected chi connectivity index (χ0v) is 43.0. The fraction of sp³-hybridized carbons (Fsp3) is 0.0400. The lowest BCUT2D eigenvalue weighted by atomic mass is 9.51. The maximum atomic E-state index is 2.76. The standard InChI is InChI=1S/C75H48N4/c1-4-25-49(26-5-1)76-64-43-16-10-31-52(64)73(53-32-11-17-44-65(53)76)58-37-22-39-60-70(58)79-71-59(73)38-23-40-61(71)75(56-35-14-20-47-68(56)78(51-29-8-3-9-30-51)69-48-21-15-36-57(69)75)63-42-24-41-62(72(63)79)74(60)54-33-12-18-45-66(54)77(50-27-6-2-7-28-50)67-46-19-13-34-55(67)74/h1-48H. The summed E-state index contributed by atoms with van der Waals surface area (Å²) in [6.45, 7) is 0. The minimum atomic E-state index is -0.786. The maximum Gasteiger partial charge on any atom is 0.0783 e. The summed E-state index contributed by atoms with van der Waals surface area (Å²) in [5.74, 6) is 0. The van der Waals surface area contributed by atoms with Gasteiger partial charge in [0.15, 0.2) is 0 Å². The van der Waals surface area contributed by atoms with Crippen LogP contribution in [-0.4, -0.2) is 0 Å². The van der Waals surface area contributed by atoms with Crippen molar-refractivity contribution in [3.63, 3.8) is 0 Å². The number of fused-ring (bicyclic) bond motifs is 18. The Morgan fingerprint density at radius 2 is 0.329 bits per heavy atom. The summed E-state index contributed by atoms with van der Waals surface area (Å²) < 4.78 is 0. The molecule has 6 aliphatic rings. The molecule has 0 aliphatic carbocycles. The molecule has 6 heterocycles. The van der Waals surface area contributed by atoms with Crippen LogP contribution in [0.25, 0.3) is 0 Å². The van der Waals surface area contributed by atoms with Gasteiger partial charge in [-0.3, -0.25) is 0 Å². The van der Waals surface area contributed by atoms with Crippen LogP contribution in [0.5, 0.6) is 0 Å². The van der Waals surface area contributed by atoms with Crippen LogP contribution in [0.1, 0.15) is 66.8 Å². The Morgan fingerprint density at radius 1 is 0.152 bits per heavy atom. The minimum Gasteiger partial charge on any atom is -0.310 e. The molecule has 0 N–H and O–H groups in total. The van der Waals surface area contributed by atoms with Crippen molar-refractivity contribution in [3.8, 4) is 0 Å². The zero-order chi connectivity index (χ0) is 51.6. The highest BCUT2D eigenvalue weighted by Gasteiger charge is 2.63. The topological polar surface area (TPSA) is 13.0 Å². The van der Waals surface area contributed by atoms with Gasteiger partial charge >= 0.3 is 0 Å². The van der Waals surface area contributed by atoms with Gasteiger partial charge in [0.25, 0.3) is 0 Å². The van der Waals surface area contributed by atoms with Gasteiger partial charge < -0.3 is 19.6 Å². The van der Waals surface area contributed by atoms with Gasteiger partial charge in [0, 0.05) is 17.1 Å². The fourth-order valence-electron chi connectivity index (χ4n) is 16.0. The third-order valence-corrected chi connectivity index (χ3v) is 18.5. The lowest BCUT2D eigenvalue weighted by Gasteiger charge is -2.60. The van der Waals surface area contributed by atoms with Crippen molar-refractivity contribution in [3.05, 3.63) is 358 Å². The van der Waals surface area contributed by atoms with Crippen LogP contribution in [0.15, 0.2) is 291 Å². The summed E-state index contributed by atoms with van der Waals surface area (Å²) in [5, 5.41) is 0.